The number of thiophene rings is 1. The lowest BCUT2D eigenvalue weighted by molar-refractivity contribution is 0.552. The van der Waals surface area contributed by atoms with Crippen LogP contribution in [0.3, 0.4) is 0 Å². The van der Waals surface area contributed by atoms with E-state index in [1.165, 1.54) is 10.4 Å². The predicted octanol–water partition coefficient (Wildman–Crippen LogP) is 4.39. The summed E-state index contributed by atoms with van der Waals surface area (Å²) in [5, 5.41) is 6.11. The molecule has 1 N–H and O–H groups in total. The van der Waals surface area contributed by atoms with Crippen LogP contribution in [-0.2, 0) is 0 Å². The molecule has 0 bridgehead atoms. The molecule has 2 heterocycles. The third-order valence-corrected chi connectivity index (χ3v) is 4.11. The molecule has 0 aromatic carbocycles. The van der Waals surface area contributed by atoms with Gasteiger partial charge in [-0.15, -0.1) is 11.3 Å². The monoisotopic (exact) mass is 269 g/mol. The summed E-state index contributed by atoms with van der Waals surface area (Å²) in [4.78, 5) is 1.31. The van der Waals surface area contributed by atoms with Crippen molar-refractivity contribution in [2.75, 3.05) is 6.54 Å². The first-order valence-corrected chi connectivity index (χ1v) is 7.00. The van der Waals surface area contributed by atoms with Crippen LogP contribution in [0.1, 0.15) is 35.4 Å². The third kappa shape index (κ3) is 2.73. The van der Waals surface area contributed by atoms with Crippen LogP contribution in [0.15, 0.2) is 28.2 Å². The fourth-order valence-electron chi connectivity index (χ4n) is 1.82. The summed E-state index contributed by atoms with van der Waals surface area (Å²) in [5.41, 5.74) is 2.31. The number of hydrogen-bond acceptors (Lipinski definition) is 3. The summed E-state index contributed by atoms with van der Waals surface area (Å²) in [7, 11) is 0. The highest BCUT2D eigenvalue weighted by Gasteiger charge is 2.20. The number of aryl methyl sites for hydroxylation is 1. The van der Waals surface area contributed by atoms with Crippen LogP contribution >= 0.6 is 22.9 Å². The molecule has 2 rings (SSSR count). The molecular weight excluding hydrogens is 254 g/mol. The Kier molecular flexibility index (Phi) is 4.26. The maximum Gasteiger partial charge on any atom is 0.198 e. The van der Waals surface area contributed by atoms with Crippen LogP contribution in [-0.4, -0.2) is 6.54 Å². The van der Waals surface area contributed by atoms with Crippen molar-refractivity contribution < 1.29 is 4.42 Å². The van der Waals surface area contributed by atoms with Gasteiger partial charge in [-0.1, -0.05) is 6.92 Å². The van der Waals surface area contributed by atoms with Gasteiger partial charge >= 0.3 is 0 Å². The molecule has 0 radical (unpaired) electrons. The zero-order valence-corrected chi connectivity index (χ0v) is 11.6. The lowest BCUT2D eigenvalue weighted by Crippen LogP contribution is -2.22. The van der Waals surface area contributed by atoms with E-state index in [1.807, 2.05) is 6.07 Å². The zero-order chi connectivity index (χ0) is 12.3. The average Bonchev–Trinajstić information content (AvgIpc) is 2.90. The van der Waals surface area contributed by atoms with Gasteiger partial charge in [-0.25, -0.2) is 0 Å². The Morgan fingerprint density at radius 3 is 2.82 bits per heavy atom. The van der Waals surface area contributed by atoms with E-state index < -0.39 is 0 Å². The third-order valence-electron chi connectivity index (χ3n) is 2.72. The molecule has 0 aliphatic rings. The van der Waals surface area contributed by atoms with Gasteiger partial charge in [0.05, 0.1) is 12.3 Å². The van der Waals surface area contributed by atoms with Gasteiger partial charge in [-0.3, -0.25) is 0 Å². The zero-order valence-electron chi connectivity index (χ0n) is 10.00. The molecule has 2 aromatic rings. The molecule has 1 atom stereocenters. The molecule has 0 aliphatic carbocycles. The second-order valence-electron chi connectivity index (χ2n) is 4.00. The summed E-state index contributed by atoms with van der Waals surface area (Å²) >= 11 is 7.83. The molecule has 0 aliphatic heterocycles. The van der Waals surface area contributed by atoms with Crippen LogP contribution in [0.25, 0.3) is 0 Å². The second-order valence-corrected chi connectivity index (χ2v) is 5.30. The minimum absolute atomic E-state index is 0.140. The maximum absolute atomic E-state index is 6.08. The Morgan fingerprint density at radius 2 is 2.29 bits per heavy atom. The van der Waals surface area contributed by atoms with Crippen molar-refractivity contribution in [2.24, 2.45) is 0 Å². The quantitative estimate of drug-likeness (QED) is 0.871. The van der Waals surface area contributed by atoms with Gasteiger partial charge in [0.1, 0.15) is 0 Å². The van der Waals surface area contributed by atoms with E-state index in [9.17, 15) is 0 Å². The Balaban J connectivity index is 2.32. The number of nitrogens with one attached hydrogen (secondary N) is 1. The Hall–Kier alpha value is -0.770. The molecule has 2 aromatic heterocycles. The van der Waals surface area contributed by atoms with Crippen LogP contribution < -0.4 is 5.32 Å². The lowest BCUT2D eigenvalue weighted by atomic mass is 10.1. The van der Waals surface area contributed by atoms with Crippen LogP contribution in [0.5, 0.6) is 0 Å². The minimum Gasteiger partial charge on any atom is -0.453 e. The summed E-state index contributed by atoms with van der Waals surface area (Å²) < 4.78 is 5.19. The Labute approximate surface area is 111 Å². The molecule has 0 fully saturated rings. The molecule has 92 valence electrons. The smallest absolute Gasteiger partial charge is 0.198 e. The summed E-state index contributed by atoms with van der Waals surface area (Å²) in [6.45, 7) is 5.24. The largest absolute Gasteiger partial charge is 0.453 e. The van der Waals surface area contributed by atoms with Crippen molar-refractivity contribution in [3.63, 3.8) is 0 Å². The Morgan fingerprint density at radius 1 is 1.47 bits per heavy atom. The van der Waals surface area contributed by atoms with Gasteiger partial charge < -0.3 is 9.73 Å². The fourth-order valence-corrected chi connectivity index (χ4v) is 3.07. The summed E-state index contributed by atoms with van der Waals surface area (Å²) in [5.74, 6) is 0. The highest BCUT2D eigenvalue weighted by Crippen LogP contribution is 2.33. The van der Waals surface area contributed by atoms with Gasteiger partial charge in [-0.05, 0) is 54.6 Å². The molecule has 2 nitrogen and oxygen atoms in total. The highest BCUT2D eigenvalue weighted by molar-refractivity contribution is 7.10. The Bertz CT molecular complexity index is 437. The van der Waals surface area contributed by atoms with Gasteiger partial charge in [-0.2, -0.15) is 0 Å². The first-order chi connectivity index (χ1) is 8.24. The second kappa shape index (κ2) is 5.71. The fraction of sp³-hybridized carbons (Fsp3) is 0.385. The van der Waals surface area contributed by atoms with Gasteiger partial charge in [0.25, 0.3) is 0 Å². The van der Waals surface area contributed by atoms with Crippen molar-refractivity contribution in [2.45, 2.75) is 26.3 Å². The van der Waals surface area contributed by atoms with Crippen LogP contribution in [0.2, 0.25) is 5.22 Å². The maximum atomic E-state index is 6.08. The molecular formula is C13H16ClNOS. The molecule has 0 saturated carbocycles. The van der Waals surface area contributed by atoms with Gasteiger partial charge in [0.15, 0.2) is 5.22 Å². The van der Waals surface area contributed by atoms with Gasteiger partial charge in [0.2, 0.25) is 0 Å². The normalized spacial score (nSPS) is 12.9. The first kappa shape index (κ1) is 12.7. The molecule has 17 heavy (non-hydrogen) atoms. The van der Waals surface area contributed by atoms with Crippen LogP contribution in [0.4, 0.5) is 0 Å². The van der Waals surface area contributed by atoms with Crippen molar-refractivity contribution in [1.82, 2.24) is 5.32 Å². The average molecular weight is 270 g/mol. The van der Waals surface area contributed by atoms with E-state index in [0.717, 1.165) is 18.5 Å². The van der Waals surface area contributed by atoms with Crippen molar-refractivity contribution in [3.8, 4) is 0 Å². The van der Waals surface area contributed by atoms with E-state index in [0.29, 0.717) is 5.22 Å². The molecule has 0 spiro atoms. The molecule has 0 saturated heterocycles. The van der Waals surface area contributed by atoms with Crippen molar-refractivity contribution >= 4 is 22.9 Å². The SMILES string of the molecule is CCCNC(c1ccoc1Cl)c1sccc1C. The van der Waals surface area contributed by atoms with Gasteiger partial charge in [0, 0.05) is 10.4 Å². The van der Waals surface area contributed by atoms with E-state index >= 15 is 0 Å². The van der Waals surface area contributed by atoms with E-state index in [1.54, 1.807) is 17.6 Å². The lowest BCUT2D eigenvalue weighted by Gasteiger charge is -2.17. The summed E-state index contributed by atoms with van der Waals surface area (Å²) in [6.07, 6.45) is 2.73. The predicted molar refractivity (Wildman–Crippen MR) is 72.9 cm³/mol. The van der Waals surface area contributed by atoms with Crippen molar-refractivity contribution in [1.29, 1.82) is 0 Å². The number of hydrogen-bond donors (Lipinski definition) is 1. The van der Waals surface area contributed by atoms with E-state index in [4.69, 9.17) is 16.0 Å². The van der Waals surface area contributed by atoms with E-state index in [-0.39, 0.29) is 6.04 Å². The topological polar surface area (TPSA) is 25.2 Å². The van der Waals surface area contributed by atoms with Crippen molar-refractivity contribution in [3.05, 3.63) is 45.0 Å². The number of halogens is 1. The molecule has 4 heteroatoms. The number of furan rings is 1. The van der Waals surface area contributed by atoms with Crippen LogP contribution in [0, 0.1) is 6.92 Å². The molecule has 0 amide bonds. The highest BCUT2D eigenvalue weighted by atomic mass is 35.5. The first-order valence-electron chi connectivity index (χ1n) is 5.74. The molecule has 1 unspecified atom stereocenters. The van der Waals surface area contributed by atoms with E-state index in [2.05, 4.69) is 30.6 Å². The minimum atomic E-state index is 0.140. The number of rotatable bonds is 5. The summed E-state index contributed by atoms with van der Waals surface area (Å²) in [6, 6.07) is 4.21. The standard InChI is InChI=1S/C13H16ClNOS/c1-3-6-15-11(10-4-7-16-13(10)14)12-9(2)5-8-17-12/h4-5,7-8,11,15H,3,6H2,1-2H3.